The minimum atomic E-state index is -0.588. The highest BCUT2D eigenvalue weighted by Crippen LogP contribution is 2.30. The normalized spacial score (nSPS) is 19.2. The van der Waals surface area contributed by atoms with Gasteiger partial charge in [-0.05, 0) is 55.7 Å². The van der Waals surface area contributed by atoms with Crippen molar-refractivity contribution in [2.45, 2.75) is 39.5 Å². The second-order valence-corrected chi connectivity index (χ2v) is 8.15. The van der Waals surface area contributed by atoms with Crippen molar-refractivity contribution >= 4 is 35.1 Å². The second kappa shape index (κ2) is 8.34. The number of ether oxygens (including phenoxy) is 1. The third-order valence-corrected chi connectivity index (χ3v) is 5.55. The number of hydrogen-bond acceptors (Lipinski definition) is 5. The molecule has 0 aromatic heterocycles. The van der Waals surface area contributed by atoms with E-state index in [1.165, 1.54) is 6.07 Å². The second-order valence-electron chi connectivity index (χ2n) is 8.15. The molecule has 3 amide bonds. The van der Waals surface area contributed by atoms with Crippen LogP contribution in [0.4, 0.5) is 11.4 Å². The Labute approximate surface area is 180 Å². The summed E-state index contributed by atoms with van der Waals surface area (Å²) in [6, 6.07) is 12.3. The van der Waals surface area contributed by atoms with Crippen LogP contribution in [0.2, 0.25) is 0 Å². The summed E-state index contributed by atoms with van der Waals surface area (Å²) >= 11 is 0. The molecule has 0 bridgehead atoms. The van der Waals surface area contributed by atoms with Gasteiger partial charge in [0.25, 0.3) is 0 Å². The first-order valence-corrected chi connectivity index (χ1v) is 10.4. The van der Waals surface area contributed by atoms with Crippen LogP contribution in [0, 0.1) is 19.8 Å². The zero-order chi connectivity index (χ0) is 22.1. The fourth-order valence-electron chi connectivity index (χ4n) is 4.15. The van der Waals surface area contributed by atoms with Gasteiger partial charge in [-0.15, -0.1) is 0 Å². The molecule has 2 heterocycles. The van der Waals surface area contributed by atoms with E-state index >= 15 is 0 Å². The van der Waals surface area contributed by atoms with E-state index in [1.54, 1.807) is 23.1 Å². The average Bonchev–Trinajstić information content (AvgIpc) is 3.09. The number of amides is 3. The molecule has 2 aliphatic heterocycles. The van der Waals surface area contributed by atoms with Crippen LogP contribution in [0.15, 0.2) is 42.5 Å². The van der Waals surface area contributed by atoms with Gasteiger partial charge in [0.15, 0.2) is 0 Å². The standard InChI is InChI=1S/C24H24N2O5/c1-15-9-16(2)11-19(10-15)25-14-17(12-23(25)29)24(30)31-20-6-3-5-18(13-20)26-21(27)7-4-8-22(26)28/h3,5-6,9-11,13,17H,4,7-8,12,14H2,1-2H3/t17-/m0/s1. The first-order chi connectivity index (χ1) is 14.8. The number of carbonyl (C=O) groups excluding carboxylic acids is 4. The molecule has 2 saturated heterocycles. The zero-order valence-electron chi connectivity index (χ0n) is 17.6. The van der Waals surface area contributed by atoms with Crippen molar-refractivity contribution in [3.05, 3.63) is 53.6 Å². The molecule has 0 N–H and O–H groups in total. The third kappa shape index (κ3) is 4.35. The van der Waals surface area contributed by atoms with E-state index in [4.69, 9.17) is 4.74 Å². The van der Waals surface area contributed by atoms with Crippen LogP contribution >= 0.6 is 0 Å². The van der Waals surface area contributed by atoms with Crippen molar-refractivity contribution in [2.75, 3.05) is 16.3 Å². The van der Waals surface area contributed by atoms with Crippen LogP contribution in [0.5, 0.6) is 5.75 Å². The molecule has 2 aliphatic rings. The van der Waals surface area contributed by atoms with E-state index < -0.39 is 11.9 Å². The van der Waals surface area contributed by atoms with Crippen LogP contribution in [0.1, 0.15) is 36.8 Å². The molecule has 160 valence electrons. The summed E-state index contributed by atoms with van der Waals surface area (Å²) in [7, 11) is 0. The van der Waals surface area contributed by atoms with Gasteiger partial charge < -0.3 is 9.64 Å². The molecule has 31 heavy (non-hydrogen) atoms. The van der Waals surface area contributed by atoms with E-state index in [9.17, 15) is 19.2 Å². The Bertz CT molecular complexity index is 1040. The van der Waals surface area contributed by atoms with Crippen molar-refractivity contribution < 1.29 is 23.9 Å². The van der Waals surface area contributed by atoms with Crippen molar-refractivity contribution in [1.82, 2.24) is 0 Å². The molecule has 0 unspecified atom stereocenters. The maximum Gasteiger partial charge on any atom is 0.316 e. The fourth-order valence-corrected chi connectivity index (χ4v) is 4.15. The summed E-state index contributed by atoms with van der Waals surface area (Å²) in [5.74, 6) is -1.49. The Morgan fingerprint density at radius 2 is 1.58 bits per heavy atom. The van der Waals surface area contributed by atoms with E-state index in [2.05, 4.69) is 0 Å². The summed E-state index contributed by atoms with van der Waals surface area (Å²) in [4.78, 5) is 52.3. The van der Waals surface area contributed by atoms with E-state index in [0.717, 1.165) is 21.7 Å². The van der Waals surface area contributed by atoms with Crippen molar-refractivity contribution in [3.63, 3.8) is 0 Å². The van der Waals surface area contributed by atoms with Crippen LogP contribution < -0.4 is 14.5 Å². The summed E-state index contributed by atoms with van der Waals surface area (Å²) in [5.41, 5.74) is 3.26. The summed E-state index contributed by atoms with van der Waals surface area (Å²) < 4.78 is 5.51. The summed E-state index contributed by atoms with van der Waals surface area (Å²) in [5, 5.41) is 0. The number of esters is 1. The first-order valence-electron chi connectivity index (χ1n) is 10.4. The number of imide groups is 1. The van der Waals surface area contributed by atoms with E-state index in [-0.39, 0.29) is 36.4 Å². The molecule has 0 saturated carbocycles. The molecule has 2 aromatic carbocycles. The highest BCUT2D eigenvalue weighted by molar-refractivity contribution is 6.16. The monoisotopic (exact) mass is 420 g/mol. The molecule has 7 heteroatoms. The smallest absolute Gasteiger partial charge is 0.316 e. The molecular formula is C24H24N2O5. The Morgan fingerprint density at radius 3 is 2.26 bits per heavy atom. The van der Waals surface area contributed by atoms with Gasteiger partial charge in [0.2, 0.25) is 17.7 Å². The van der Waals surface area contributed by atoms with Gasteiger partial charge in [-0.2, -0.15) is 0 Å². The summed E-state index contributed by atoms with van der Waals surface area (Å²) in [6.45, 7) is 4.19. The van der Waals surface area contributed by atoms with Crippen molar-refractivity contribution in [3.8, 4) is 5.75 Å². The number of piperidine rings is 1. The molecule has 0 spiro atoms. The Kier molecular flexibility index (Phi) is 5.59. The van der Waals surface area contributed by atoms with Gasteiger partial charge in [0.1, 0.15) is 5.75 Å². The number of anilines is 2. The predicted octanol–water partition coefficient (Wildman–Crippen LogP) is 3.31. The van der Waals surface area contributed by atoms with Crippen LogP contribution in [0.3, 0.4) is 0 Å². The third-order valence-electron chi connectivity index (χ3n) is 5.55. The van der Waals surface area contributed by atoms with Gasteiger partial charge in [-0.3, -0.25) is 24.1 Å². The van der Waals surface area contributed by atoms with Gasteiger partial charge in [-0.25, -0.2) is 0 Å². The number of benzene rings is 2. The zero-order valence-corrected chi connectivity index (χ0v) is 17.6. The van der Waals surface area contributed by atoms with Gasteiger partial charge >= 0.3 is 5.97 Å². The number of hydrogen-bond donors (Lipinski definition) is 0. The number of rotatable bonds is 4. The van der Waals surface area contributed by atoms with Gasteiger partial charge in [0.05, 0.1) is 11.6 Å². The highest BCUT2D eigenvalue weighted by atomic mass is 16.5. The average molecular weight is 420 g/mol. The largest absolute Gasteiger partial charge is 0.426 e. The van der Waals surface area contributed by atoms with Crippen LogP contribution in [-0.2, 0) is 19.2 Å². The molecule has 7 nitrogen and oxygen atoms in total. The van der Waals surface area contributed by atoms with Crippen LogP contribution in [0.25, 0.3) is 0 Å². The summed E-state index contributed by atoms with van der Waals surface area (Å²) in [6.07, 6.45) is 1.26. The molecular weight excluding hydrogens is 396 g/mol. The maximum atomic E-state index is 12.7. The molecule has 0 radical (unpaired) electrons. The first kappa shape index (κ1) is 20.8. The van der Waals surface area contributed by atoms with Crippen LogP contribution in [-0.4, -0.2) is 30.2 Å². The maximum absolute atomic E-state index is 12.7. The molecule has 0 aliphatic carbocycles. The fraction of sp³-hybridized carbons (Fsp3) is 0.333. The molecule has 4 rings (SSSR count). The van der Waals surface area contributed by atoms with E-state index in [1.807, 2.05) is 32.0 Å². The molecule has 1 atom stereocenters. The lowest BCUT2D eigenvalue weighted by molar-refractivity contribution is -0.139. The molecule has 2 aromatic rings. The Balaban J connectivity index is 1.47. The molecule has 2 fully saturated rings. The number of nitrogens with zero attached hydrogens (tertiary/aromatic N) is 2. The van der Waals surface area contributed by atoms with Gasteiger partial charge in [-0.1, -0.05) is 12.1 Å². The lowest BCUT2D eigenvalue weighted by Crippen LogP contribution is -2.40. The Morgan fingerprint density at radius 1 is 0.903 bits per heavy atom. The topological polar surface area (TPSA) is 84.0 Å². The minimum Gasteiger partial charge on any atom is -0.426 e. The quantitative estimate of drug-likeness (QED) is 0.431. The lowest BCUT2D eigenvalue weighted by atomic mass is 10.1. The number of aryl methyl sites for hydroxylation is 2. The Hall–Kier alpha value is -3.48. The van der Waals surface area contributed by atoms with Gasteiger partial charge in [0, 0.05) is 37.6 Å². The van der Waals surface area contributed by atoms with Crippen molar-refractivity contribution in [2.24, 2.45) is 5.92 Å². The number of carbonyl (C=O) groups is 4. The minimum absolute atomic E-state index is 0.0780. The highest BCUT2D eigenvalue weighted by Gasteiger charge is 2.36. The van der Waals surface area contributed by atoms with Crippen molar-refractivity contribution in [1.29, 1.82) is 0 Å². The van der Waals surface area contributed by atoms with E-state index in [0.29, 0.717) is 24.9 Å². The predicted molar refractivity (Wildman–Crippen MR) is 115 cm³/mol. The lowest BCUT2D eigenvalue weighted by Gasteiger charge is -2.25. The SMILES string of the molecule is Cc1cc(C)cc(N2C[C@@H](C(=O)Oc3cccc(N4C(=O)CCCC4=O)c3)CC2=O)c1.